The lowest BCUT2D eigenvalue weighted by Crippen LogP contribution is -2.21. The molecular formula is C5H3ClNO2S-. The van der Waals surface area contributed by atoms with Gasteiger partial charge in [0, 0.05) is 5.38 Å². The second kappa shape index (κ2) is 2.48. The highest BCUT2D eigenvalue weighted by molar-refractivity contribution is 7.13. The fourth-order valence-corrected chi connectivity index (χ4v) is 1.47. The second-order valence-corrected chi connectivity index (χ2v) is 2.90. The van der Waals surface area contributed by atoms with Gasteiger partial charge in [0.05, 0.1) is 21.6 Å². The quantitative estimate of drug-likeness (QED) is 0.672. The largest absolute Gasteiger partial charge is 0.544 e. The van der Waals surface area contributed by atoms with E-state index in [2.05, 4.69) is 0 Å². The number of nitrogen functional groups attached to an aromatic ring is 1. The molecule has 0 atom stereocenters. The first-order valence-electron chi connectivity index (χ1n) is 2.36. The lowest BCUT2D eigenvalue weighted by atomic mass is 10.4. The van der Waals surface area contributed by atoms with Gasteiger partial charge < -0.3 is 15.6 Å². The van der Waals surface area contributed by atoms with Crippen LogP contribution in [0.1, 0.15) is 9.67 Å². The molecule has 0 aliphatic carbocycles. The van der Waals surface area contributed by atoms with Crippen molar-refractivity contribution in [3.8, 4) is 0 Å². The molecule has 0 saturated heterocycles. The average Bonchev–Trinajstić information content (AvgIpc) is 2.14. The van der Waals surface area contributed by atoms with Crippen molar-refractivity contribution in [2.75, 3.05) is 5.73 Å². The highest BCUT2D eigenvalue weighted by Crippen LogP contribution is 2.28. The fourth-order valence-electron chi connectivity index (χ4n) is 0.504. The van der Waals surface area contributed by atoms with Crippen LogP contribution in [-0.2, 0) is 0 Å². The van der Waals surface area contributed by atoms with Crippen LogP contribution in [0.15, 0.2) is 5.38 Å². The van der Waals surface area contributed by atoms with Crippen LogP contribution in [0.25, 0.3) is 0 Å². The Balaban J connectivity index is 3.17. The zero-order valence-corrected chi connectivity index (χ0v) is 6.33. The van der Waals surface area contributed by atoms with Gasteiger partial charge in [-0.3, -0.25) is 0 Å². The van der Waals surface area contributed by atoms with Gasteiger partial charge in [-0.2, -0.15) is 0 Å². The molecule has 10 heavy (non-hydrogen) atoms. The van der Waals surface area contributed by atoms with Crippen LogP contribution in [0.2, 0.25) is 5.02 Å². The smallest absolute Gasteiger partial charge is 0.0836 e. The molecule has 0 radical (unpaired) electrons. The summed E-state index contributed by atoms with van der Waals surface area (Å²) < 4.78 is 0. The molecule has 0 fully saturated rings. The first kappa shape index (κ1) is 7.37. The van der Waals surface area contributed by atoms with Crippen LogP contribution in [0.3, 0.4) is 0 Å². The van der Waals surface area contributed by atoms with Crippen LogP contribution in [-0.4, -0.2) is 5.97 Å². The number of carboxylic acids is 1. The van der Waals surface area contributed by atoms with Gasteiger partial charge in [-0.15, -0.1) is 11.3 Å². The third kappa shape index (κ3) is 1.08. The molecule has 1 aromatic rings. The number of aromatic carboxylic acids is 1. The molecule has 0 bridgehead atoms. The zero-order chi connectivity index (χ0) is 7.72. The fraction of sp³-hybridized carbons (Fsp3) is 0. The maximum Gasteiger partial charge on any atom is 0.0836 e. The lowest BCUT2D eigenvalue weighted by Gasteiger charge is -1.97. The van der Waals surface area contributed by atoms with Gasteiger partial charge in [-0.1, -0.05) is 11.6 Å². The maximum atomic E-state index is 10.2. The van der Waals surface area contributed by atoms with Crippen molar-refractivity contribution in [2.45, 2.75) is 0 Å². The molecule has 0 aliphatic rings. The van der Waals surface area contributed by atoms with E-state index in [4.69, 9.17) is 17.3 Å². The van der Waals surface area contributed by atoms with E-state index in [0.717, 1.165) is 11.3 Å². The highest BCUT2D eigenvalue weighted by atomic mass is 35.5. The average molecular weight is 177 g/mol. The molecule has 0 amide bonds. The normalized spacial score (nSPS) is 9.70. The van der Waals surface area contributed by atoms with Crippen LogP contribution in [0.5, 0.6) is 0 Å². The predicted octanol–water partition coefficient (Wildman–Crippen LogP) is 0.347. The highest BCUT2D eigenvalue weighted by Gasteiger charge is 2.05. The topological polar surface area (TPSA) is 66.2 Å². The molecule has 1 aromatic heterocycles. The van der Waals surface area contributed by atoms with Crippen molar-refractivity contribution < 1.29 is 9.90 Å². The van der Waals surface area contributed by atoms with Crippen molar-refractivity contribution in [3.05, 3.63) is 15.3 Å². The Labute approximate surface area is 66.0 Å². The molecule has 0 spiro atoms. The van der Waals surface area contributed by atoms with Crippen LogP contribution >= 0.6 is 22.9 Å². The minimum atomic E-state index is -1.28. The predicted molar refractivity (Wildman–Crippen MR) is 38.1 cm³/mol. The number of nitrogens with two attached hydrogens (primary N) is 1. The summed E-state index contributed by atoms with van der Waals surface area (Å²) in [6.07, 6.45) is 0. The summed E-state index contributed by atoms with van der Waals surface area (Å²) in [4.78, 5) is 10.2. The number of anilines is 1. The Morgan fingerprint density at radius 2 is 2.40 bits per heavy atom. The molecule has 54 valence electrons. The number of thiophene rings is 1. The van der Waals surface area contributed by atoms with E-state index >= 15 is 0 Å². The van der Waals surface area contributed by atoms with Crippen LogP contribution in [0.4, 0.5) is 5.69 Å². The first-order chi connectivity index (χ1) is 4.63. The van der Waals surface area contributed by atoms with Gasteiger partial charge in [-0.05, 0) is 0 Å². The zero-order valence-electron chi connectivity index (χ0n) is 4.76. The van der Waals surface area contributed by atoms with Gasteiger partial charge in [0.1, 0.15) is 0 Å². The molecule has 0 unspecified atom stereocenters. The summed E-state index contributed by atoms with van der Waals surface area (Å²) in [5.74, 6) is -1.28. The van der Waals surface area contributed by atoms with Crippen molar-refractivity contribution >= 4 is 34.6 Å². The van der Waals surface area contributed by atoms with E-state index in [9.17, 15) is 9.90 Å². The summed E-state index contributed by atoms with van der Waals surface area (Å²) in [7, 11) is 0. The molecule has 5 heteroatoms. The number of rotatable bonds is 1. The molecule has 0 aromatic carbocycles. The number of hydrogen-bond donors (Lipinski definition) is 1. The monoisotopic (exact) mass is 176 g/mol. The molecule has 2 N–H and O–H groups in total. The Bertz CT molecular complexity index is 271. The standard InChI is InChI=1S/C5H4ClNO2S/c6-2-1-10-4(3(2)7)5(8)9/h1H,7H2,(H,8,9)/p-1. The first-order valence-corrected chi connectivity index (χ1v) is 3.62. The minimum Gasteiger partial charge on any atom is -0.544 e. The number of halogens is 1. The third-order valence-corrected chi connectivity index (χ3v) is 2.39. The van der Waals surface area contributed by atoms with E-state index in [1.54, 1.807) is 0 Å². The van der Waals surface area contributed by atoms with Gasteiger partial charge >= 0.3 is 0 Å². The number of carboxylic acid groups (broad SMARTS) is 1. The van der Waals surface area contributed by atoms with E-state index in [-0.39, 0.29) is 15.6 Å². The molecule has 1 heterocycles. The summed E-state index contributed by atoms with van der Waals surface area (Å²) in [5, 5.41) is 11.9. The molecular weight excluding hydrogens is 174 g/mol. The van der Waals surface area contributed by atoms with Gasteiger partial charge in [0.2, 0.25) is 0 Å². The van der Waals surface area contributed by atoms with E-state index in [1.807, 2.05) is 0 Å². The summed E-state index contributed by atoms with van der Waals surface area (Å²) in [6, 6.07) is 0. The maximum absolute atomic E-state index is 10.2. The van der Waals surface area contributed by atoms with E-state index in [1.165, 1.54) is 5.38 Å². The Kier molecular flexibility index (Phi) is 1.82. The summed E-state index contributed by atoms with van der Waals surface area (Å²) in [5.41, 5.74) is 5.35. The molecule has 3 nitrogen and oxygen atoms in total. The molecule has 1 rings (SSSR count). The SMILES string of the molecule is Nc1c(Cl)csc1C(=O)[O-]. The van der Waals surface area contributed by atoms with Crippen molar-refractivity contribution in [2.24, 2.45) is 0 Å². The molecule has 0 saturated carbocycles. The van der Waals surface area contributed by atoms with Crippen LogP contribution < -0.4 is 10.8 Å². The second-order valence-electron chi connectivity index (χ2n) is 1.61. The summed E-state index contributed by atoms with van der Waals surface area (Å²) in [6.45, 7) is 0. The number of carbonyl (C=O) groups is 1. The van der Waals surface area contributed by atoms with E-state index < -0.39 is 5.97 Å². The third-order valence-electron chi connectivity index (χ3n) is 0.968. The lowest BCUT2D eigenvalue weighted by molar-refractivity contribution is -0.254. The summed E-state index contributed by atoms with van der Waals surface area (Å²) >= 11 is 6.43. The Hall–Kier alpha value is -0.740. The number of carbonyl (C=O) groups excluding carboxylic acids is 1. The van der Waals surface area contributed by atoms with Crippen molar-refractivity contribution in [1.29, 1.82) is 0 Å². The Morgan fingerprint density at radius 3 is 2.60 bits per heavy atom. The van der Waals surface area contributed by atoms with Crippen LogP contribution in [0, 0.1) is 0 Å². The van der Waals surface area contributed by atoms with Crippen molar-refractivity contribution in [3.63, 3.8) is 0 Å². The molecule has 0 aliphatic heterocycles. The van der Waals surface area contributed by atoms with Gasteiger partial charge in [-0.25, -0.2) is 0 Å². The minimum absolute atomic E-state index is 0.00926. The van der Waals surface area contributed by atoms with Gasteiger partial charge in [0.15, 0.2) is 0 Å². The number of hydrogen-bond acceptors (Lipinski definition) is 4. The van der Waals surface area contributed by atoms with Gasteiger partial charge in [0.25, 0.3) is 0 Å². The van der Waals surface area contributed by atoms with Crippen molar-refractivity contribution in [1.82, 2.24) is 0 Å². The van der Waals surface area contributed by atoms with E-state index in [0.29, 0.717) is 0 Å². The Morgan fingerprint density at radius 1 is 1.80 bits per heavy atom.